The second kappa shape index (κ2) is 6.03. The molecule has 2 unspecified atom stereocenters. The first-order chi connectivity index (χ1) is 9.85. The van der Waals surface area contributed by atoms with Crippen LogP contribution in [0.5, 0.6) is 5.75 Å². The van der Waals surface area contributed by atoms with Gasteiger partial charge in [-0.15, -0.1) is 0 Å². The van der Waals surface area contributed by atoms with Crippen molar-refractivity contribution in [1.29, 1.82) is 0 Å². The van der Waals surface area contributed by atoms with Crippen molar-refractivity contribution in [3.63, 3.8) is 0 Å². The summed E-state index contributed by atoms with van der Waals surface area (Å²) < 4.78 is 32.6. The van der Waals surface area contributed by atoms with Gasteiger partial charge in [0.15, 0.2) is 0 Å². The number of sulfonamides is 1. The average molecular weight is 313 g/mol. The molecule has 0 amide bonds. The lowest BCUT2D eigenvalue weighted by atomic mass is 10.1. The highest BCUT2D eigenvalue weighted by atomic mass is 32.2. The van der Waals surface area contributed by atoms with E-state index < -0.39 is 16.0 Å². The number of ether oxygens (including phenoxy) is 1. The van der Waals surface area contributed by atoms with E-state index in [1.165, 1.54) is 25.3 Å². The van der Waals surface area contributed by atoms with Crippen LogP contribution in [0.25, 0.3) is 0 Å². The maximum atomic E-state index is 12.5. The number of carboxylic acids is 1. The molecule has 0 saturated heterocycles. The van der Waals surface area contributed by atoms with E-state index in [2.05, 4.69) is 4.72 Å². The van der Waals surface area contributed by atoms with Crippen LogP contribution in [0, 0.1) is 5.92 Å². The van der Waals surface area contributed by atoms with Crippen molar-refractivity contribution in [2.75, 3.05) is 7.11 Å². The lowest BCUT2D eigenvalue weighted by Gasteiger charge is -2.18. The van der Waals surface area contributed by atoms with Crippen LogP contribution in [0.4, 0.5) is 0 Å². The highest BCUT2D eigenvalue weighted by Gasteiger charge is 2.30. The summed E-state index contributed by atoms with van der Waals surface area (Å²) in [6.07, 6.45) is 2.82. The van der Waals surface area contributed by atoms with Gasteiger partial charge in [-0.05, 0) is 37.0 Å². The Hall–Kier alpha value is -1.60. The molecule has 2 rings (SSSR count). The Balaban J connectivity index is 2.33. The Kier molecular flexibility index (Phi) is 4.53. The van der Waals surface area contributed by atoms with Gasteiger partial charge in [0, 0.05) is 6.04 Å². The smallest absolute Gasteiger partial charge is 0.335 e. The molecular weight excluding hydrogens is 294 g/mol. The average Bonchev–Trinajstić information content (AvgIpc) is 2.82. The first-order valence-corrected chi connectivity index (χ1v) is 8.27. The summed E-state index contributed by atoms with van der Waals surface area (Å²) in [6, 6.07) is 3.66. The summed E-state index contributed by atoms with van der Waals surface area (Å²) in [5.41, 5.74) is -0.0139. The molecule has 1 aromatic rings. The second-order valence-electron chi connectivity index (χ2n) is 5.31. The fourth-order valence-electron chi connectivity index (χ4n) is 2.61. The highest BCUT2D eigenvalue weighted by molar-refractivity contribution is 7.89. The number of carboxylic acid groups (broad SMARTS) is 1. The van der Waals surface area contributed by atoms with E-state index in [0.29, 0.717) is 5.92 Å². The Bertz CT molecular complexity index is 641. The largest absolute Gasteiger partial charge is 0.495 e. The zero-order chi connectivity index (χ0) is 15.6. The minimum atomic E-state index is -3.73. The number of aromatic carboxylic acids is 1. The van der Waals surface area contributed by atoms with Crippen LogP contribution in [0.3, 0.4) is 0 Å². The molecule has 1 aliphatic rings. The molecule has 0 radical (unpaired) electrons. The topological polar surface area (TPSA) is 92.7 Å². The maximum absolute atomic E-state index is 12.5. The summed E-state index contributed by atoms with van der Waals surface area (Å²) in [5, 5.41) is 8.94. The molecule has 0 aliphatic heterocycles. The first kappa shape index (κ1) is 15.8. The molecule has 1 saturated carbocycles. The van der Waals surface area contributed by atoms with Gasteiger partial charge in [-0.2, -0.15) is 0 Å². The summed E-state index contributed by atoms with van der Waals surface area (Å²) in [7, 11) is -2.41. The fraction of sp³-hybridized carbons (Fsp3) is 0.500. The Morgan fingerprint density at radius 1 is 1.38 bits per heavy atom. The molecule has 6 nitrogen and oxygen atoms in total. The quantitative estimate of drug-likeness (QED) is 0.865. The van der Waals surface area contributed by atoms with Crippen molar-refractivity contribution >= 4 is 16.0 Å². The minimum Gasteiger partial charge on any atom is -0.495 e. The van der Waals surface area contributed by atoms with Crippen LogP contribution in [-0.4, -0.2) is 32.6 Å². The molecule has 1 aromatic carbocycles. The number of nitrogens with one attached hydrogen (secondary N) is 1. The highest BCUT2D eigenvalue weighted by Crippen LogP contribution is 2.29. The van der Waals surface area contributed by atoms with Gasteiger partial charge in [0.1, 0.15) is 10.6 Å². The standard InChI is InChI=1S/C14H19NO5S/c1-9-4-3-5-11(9)15-21(18,19)13-7-6-10(14(16)17)8-12(13)20-2/h6-9,11,15H,3-5H2,1-2H3,(H,16,17). The van der Waals surface area contributed by atoms with Crippen molar-refractivity contribution in [3.05, 3.63) is 23.8 Å². The van der Waals surface area contributed by atoms with Gasteiger partial charge in [-0.25, -0.2) is 17.9 Å². The fourth-order valence-corrected chi connectivity index (χ4v) is 4.14. The zero-order valence-electron chi connectivity index (χ0n) is 12.0. The third-order valence-corrected chi connectivity index (χ3v) is 5.40. The second-order valence-corrected chi connectivity index (χ2v) is 6.99. The predicted octanol–water partition coefficient (Wildman–Crippen LogP) is 1.86. The molecule has 1 fully saturated rings. The molecule has 116 valence electrons. The van der Waals surface area contributed by atoms with Crippen molar-refractivity contribution in [1.82, 2.24) is 4.72 Å². The van der Waals surface area contributed by atoms with Gasteiger partial charge >= 0.3 is 5.97 Å². The van der Waals surface area contributed by atoms with E-state index in [4.69, 9.17) is 9.84 Å². The zero-order valence-corrected chi connectivity index (χ0v) is 12.8. The van der Waals surface area contributed by atoms with Crippen LogP contribution in [0.2, 0.25) is 0 Å². The molecule has 0 aromatic heterocycles. The van der Waals surface area contributed by atoms with Crippen molar-refractivity contribution < 1.29 is 23.1 Å². The third kappa shape index (κ3) is 3.36. The van der Waals surface area contributed by atoms with Crippen molar-refractivity contribution in [2.45, 2.75) is 37.1 Å². The van der Waals surface area contributed by atoms with E-state index >= 15 is 0 Å². The van der Waals surface area contributed by atoms with E-state index in [1.54, 1.807) is 0 Å². The van der Waals surface area contributed by atoms with Gasteiger partial charge in [-0.1, -0.05) is 13.3 Å². The van der Waals surface area contributed by atoms with Gasteiger partial charge in [0.05, 0.1) is 12.7 Å². The lowest BCUT2D eigenvalue weighted by molar-refractivity contribution is 0.0696. The maximum Gasteiger partial charge on any atom is 0.335 e. The minimum absolute atomic E-state index is 0.0139. The van der Waals surface area contributed by atoms with Gasteiger partial charge in [0.25, 0.3) is 0 Å². The molecule has 2 atom stereocenters. The third-order valence-electron chi connectivity index (χ3n) is 3.87. The lowest BCUT2D eigenvalue weighted by Crippen LogP contribution is -2.36. The van der Waals surface area contributed by atoms with Crippen LogP contribution < -0.4 is 9.46 Å². The number of hydrogen-bond donors (Lipinski definition) is 2. The number of rotatable bonds is 5. The predicted molar refractivity (Wildman–Crippen MR) is 77.1 cm³/mol. The SMILES string of the molecule is COc1cc(C(=O)O)ccc1S(=O)(=O)NC1CCCC1C. The van der Waals surface area contributed by atoms with E-state index in [9.17, 15) is 13.2 Å². The van der Waals surface area contributed by atoms with E-state index in [-0.39, 0.29) is 22.3 Å². The molecule has 21 heavy (non-hydrogen) atoms. The monoisotopic (exact) mass is 313 g/mol. The summed E-state index contributed by atoms with van der Waals surface area (Å²) in [6.45, 7) is 2.02. The van der Waals surface area contributed by atoms with Gasteiger partial charge < -0.3 is 9.84 Å². The van der Waals surface area contributed by atoms with E-state index in [1.807, 2.05) is 6.92 Å². The Morgan fingerprint density at radius 3 is 2.62 bits per heavy atom. The number of methoxy groups -OCH3 is 1. The molecule has 0 spiro atoms. The first-order valence-electron chi connectivity index (χ1n) is 6.79. The van der Waals surface area contributed by atoms with Crippen LogP contribution >= 0.6 is 0 Å². The number of carbonyl (C=O) groups is 1. The molecule has 1 aliphatic carbocycles. The van der Waals surface area contributed by atoms with Crippen LogP contribution in [0.15, 0.2) is 23.1 Å². The van der Waals surface area contributed by atoms with Crippen molar-refractivity contribution in [3.8, 4) is 5.75 Å². The van der Waals surface area contributed by atoms with Crippen molar-refractivity contribution in [2.24, 2.45) is 5.92 Å². The molecular formula is C14H19NO5S. The Labute approximate surface area is 124 Å². The molecule has 2 N–H and O–H groups in total. The van der Waals surface area contributed by atoms with Gasteiger partial charge in [0.2, 0.25) is 10.0 Å². The number of hydrogen-bond acceptors (Lipinski definition) is 4. The van der Waals surface area contributed by atoms with E-state index in [0.717, 1.165) is 19.3 Å². The molecule has 0 bridgehead atoms. The summed E-state index contributed by atoms with van der Waals surface area (Å²) in [5.74, 6) is -0.799. The Morgan fingerprint density at radius 2 is 2.10 bits per heavy atom. The van der Waals surface area contributed by atoms with Crippen LogP contribution in [-0.2, 0) is 10.0 Å². The summed E-state index contributed by atoms with van der Waals surface area (Å²) in [4.78, 5) is 10.9. The van der Waals surface area contributed by atoms with Gasteiger partial charge in [-0.3, -0.25) is 0 Å². The normalized spacial score (nSPS) is 22.2. The summed E-state index contributed by atoms with van der Waals surface area (Å²) >= 11 is 0. The van der Waals surface area contributed by atoms with Crippen LogP contribution in [0.1, 0.15) is 36.5 Å². The molecule has 0 heterocycles. The number of benzene rings is 1. The molecule has 7 heteroatoms.